The first-order valence-corrected chi connectivity index (χ1v) is 9.34. The zero-order valence-corrected chi connectivity index (χ0v) is 16.3. The molecule has 32 heavy (non-hydrogen) atoms. The number of methoxy groups -OCH3 is 1. The molecule has 1 aliphatic rings. The highest BCUT2D eigenvalue weighted by molar-refractivity contribution is 6.22. The van der Waals surface area contributed by atoms with E-state index in [9.17, 15) is 35.1 Å². The molecule has 0 amide bonds. The molecule has 12 nitrogen and oxygen atoms in total. The van der Waals surface area contributed by atoms with Crippen molar-refractivity contribution in [3.05, 3.63) is 33.0 Å². The number of rotatable bonds is 4. The van der Waals surface area contributed by atoms with Crippen LogP contribution in [-0.2, 0) is 4.74 Å². The Morgan fingerprint density at radius 2 is 1.59 bits per heavy atom. The van der Waals surface area contributed by atoms with E-state index < -0.39 is 59.5 Å². The molecule has 2 aromatic heterocycles. The maximum Gasteiger partial charge on any atom is 0.344 e. The van der Waals surface area contributed by atoms with Gasteiger partial charge in [0.2, 0.25) is 17.8 Å². The van der Waals surface area contributed by atoms with E-state index in [0.717, 1.165) is 6.07 Å². The van der Waals surface area contributed by atoms with Crippen molar-refractivity contribution in [1.29, 1.82) is 0 Å². The van der Waals surface area contributed by atoms with Gasteiger partial charge in [-0.3, -0.25) is 0 Å². The molecule has 0 radical (unpaired) electrons. The number of phenols is 2. The average molecular weight is 448 g/mol. The molecular formula is C20H16O12. The highest BCUT2D eigenvalue weighted by Crippen LogP contribution is 2.45. The Kier molecular flexibility index (Phi) is 4.43. The molecular weight excluding hydrogens is 432 g/mol. The molecule has 1 fully saturated rings. The van der Waals surface area contributed by atoms with Gasteiger partial charge in [0, 0.05) is 10.8 Å². The van der Waals surface area contributed by atoms with Crippen LogP contribution in [0.2, 0.25) is 0 Å². The van der Waals surface area contributed by atoms with Crippen LogP contribution >= 0.6 is 0 Å². The van der Waals surface area contributed by atoms with E-state index in [2.05, 4.69) is 0 Å². The minimum Gasteiger partial charge on any atom is -0.504 e. The van der Waals surface area contributed by atoms with Crippen LogP contribution < -0.4 is 20.7 Å². The van der Waals surface area contributed by atoms with Gasteiger partial charge in [0.25, 0.3) is 0 Å². The summed E-state index contributed by atoms with van der Waals surface area (Å²) < 4.78 is 26.7. The summed E-state index contributed by atoms with van der Waals surface area (Å²) in [7, 11) is 1.24. The molecule has 4 atom stereocenters. The van der Waals surface area contributed by atoms with Crippen molar-refractivity contribution in [3.63, 3.8) is 0 Å². The summed E-state index contributed by atoms with van der Waals surface area (Å²) in [5.41, 5.74) is -2.50. The van der Waals surface area contributed by atoms with Gasteiger partial charge in [-0.15, -0.1) is 0 Å². The first-order chi connectivity index (χ1) is 15.3. The first kappa shape index (κ1) is 20.3. The fraction of sp³-hybridized carbons (Fsp3) is 0.300. The van der Waals surface area contributed by atoms with Crippen molar-refractivity contribution in [2.24, 2.45) is 0 Å². The molecule has 0 bridgehead atoms. The number of phenolic OH excluding ortho intramolecular Hbond substituents is 2. The third-order valence-corrected chi connectivity index (χ3v) is 5.46. The molecule has 4 aromatic rings. The fourth-order valence-electron chi connectivity index (χ4n) is 3.93. The van der Waals surface area contributed by atoms with Crippen molar-refractivity contribution in [3.8, 4) is 23.0 Å². The van der Waals surface area contributed by atoms with Crippen molar-refractivity contribution < 1.29 is 48.6 Å². The van der Waals surface area contributed by atoms with Gasteiger partial charge >= 0.3 is 11.3 Å². The van der Waals surface area contributed by atoms with Gasteiger partial charge in [0.05, 0.1) is 24.5 Å². The van der Waals surface area contributed by atoms with Gasteiger partial charge in [-0.25, -0.2) is 9.59 Å². The molecule has 1 aliphatic heterocycles. The van der Waals surface area contributed by atoms with Gasteiger partial charge in [0.1, 0.15) is 18.3 Å². The Bertz CT molecular complexity index is 1470. The van der Waals surface area contributed by atoms with Crippen LogP contribution in [0.25, 0.3) is 32.7 Å². The molecule has 5 rings (SSSR count). The SMILES string of the molecule is COc1c(O[C@@H]2O[C@@H](CO)[C@H](O)[C@H]2O)cc2c(=O)oc3c(O)c(O)cc4c(=O)oc1c2c34. The van der Waals surface area contributed by atoms with E-state index in [1.54, 1.807) is 0 Å². The topological polar surface area (TPSA) is 189 Å². The Morgan fingerprint density at radius 1 is 0.969 bits per heavy atom. The molecule has 3 heterocycles. The summed E-state index contributed by atoms with van der Waals surface area (Å²) in [6.07, 6.45) is -5.51. The Labute approximate surface area is 176 Å². The fourth-order valence-corrected chi connectivity index (χ4v) is 3.93. The van der Waals surface area contributed by atoms with Gasteiger partial charge < -0.3 is 48.6 Å². The number of hydrogen-bond acceptors (Lipinski definition) is 12. The van der Waals surface area contributed by atoms with Crippen LogP contribution in [0.3, 0.4) is 0 Å². The van der Waals surface area contributed by atoms with Crippen LogP contribution in [0.1, 0.15) is 0 Å². The third kappa shape index (κ3) is 2.64. The number of ether oxygens (including phenoxy) is 3. The average Bonchev–Trinajstić information content (AvgIpc) is 3.04. The lowest BCUT2D eigenvalue weighted by Gasteiger charge is -2.20. The molecule has 0 spiro atoms. The summed E-state index contributed by atoms with van der Waals surface area (Å²) in [6, 6.07) is 2.18. The molecule has 0 saturated carbocycles. The number of aliphatic hydroxyl groups is 3. The lowest BCUT2D eigenvalue weighted by molar-refractivity contribution is -0.117. The maximum atomic E-state index is 12.7. The van der Waals surface area contributed by atoms with Gasteiger partial charge in [0.15, 0.2) is 22.7 Å². The Morgan fingerprint density at radius 3 is 2.22 bits per heavy atom. The predicted molar refractivity (Wildman–Crippen MR) is 105 cm³/mol. The highest BCUT2D eigenvalue weighted by Gasteiger charge is 2.44. The molecule has 2 aromatic carbocycles. The molecule has 168 valence electrons. The number of hydrogen-bond donors (Lipinski definition) is 5. The molecule has 0 aliphatic carbocycles. The van der Waals surface area contributed by atoms with Crippen LogP contribution in [-0.4, -0.2) is 63.9 Å². The van der Waals surface area contributed by atoms with Gasteiger partial charge in [-0.1, -0.05) is 0 Å². The van der Waals surface area contributed by atoms with E-state index in [4.69, 9.17) is 23.0 Å². The van der Waals surface area contributed by atoms with Crippen LogP contribution in [0.4, 0.5) is 0 Å². The summed E-state index contributed by atoms with van der Waals surface area (Å²) >= 11 is 0. The lowest BCUT2D eigenvalue weighted by atomic mass is 10.0. The Balaban J connectivity index is 1.81. The van der Waals surface area contributed by atoms with Crippen molar-refractivity contribution in [2.75, 3.05) is 13.7 Å². The quantitative estimate of drug-likeness (QED) is 0.156. The zero-order chi connectivity index (χ0) is 22.9. The minimum atomic E-state index is -1.54. The number of aliphatic hydroxyl groups excluding tert-OH is 3. The second kappa shape index (κ2) is 6.97. The minimum absolute atomic E-state index is 0.0268. The van der Waals surface area contributed by atoms with Gasteiger partial charge in [-0.2, -0.15) is 0 Å². The van der Waals surface area contributed by atoms with Crippen molar-refractivity contribution >= 4 is 32.7 Å². The predicted octanol–water partition coefficient (Wildman–Crippen LogP) is -0.272. The Hall–Kier alpha value is -3.58. The second-order valence-electron chi connectivity index (χ2n) is 7.26. The third-order valence-electron chi connectivity index (χ3n) is 5.46. The van der Waals surface area contributed by atoms with Crippen molar-refractivity contribution in [1.82, 2.24) is 0 Å². The highest BCUT2D eigenvalue weighted by atomic mass is 16.7. The van der Waals surface area contributed by atoms with Crippen molar-refractivity contribution in [2.45, 2.75) is 24.6 Å². The summed E-state index contributed by atoms with van der Waals surface area (Å²) in [5.74, 6) is -1.73. The summed E-state index contributed by atoms with van der Waals surface area (Å²) in [4.78, 5) is 25.3. The molecule has 5 N–H and O–H groups in total. The van der Waals surface area contributed by atoms with Crippen LogP contribution in [0, 0.1) is 0 Å². The van der Waals surface area contributed by atoms with E-state index in [1.165, 1.54) is 13.2 Å². The smallest absolute Gasteiger partial charge is 0.344 e. The van der Waals surface area contributed by atoms with Crippen LogP contribution in [0.15, 0.2) is 30.6 Å². The van der Waals surface area contributed by atoms with E-state index in [-0.39, 0.29) is 38.6 Å². The maximum absolute atomic E-state index is 12.7. The second-order valence-corrected chi connectivity index (χ2v) is 7.26. The molecule has 12 heteroatoms. The molecule has 0 unspecified atom stereocenters. The normalized spacial score (nSPS) is 23.5. The molecule has 1 saturated heterocycles. The van der Waals surface area contributed by atoms with Gasteiger partial charge in [-0.05, 0) is 12.1 Å². The number of aromatic hydroxyl groups is 2. The lowest BCUT2D eigenvalue weighted by Crippen LogP contribution is -2.35. The summed E-state index contributed by atoms with van der Waals surface area (Å²) in [5, 5.41) is 49.2. The van der Waals surface area contributed by atoms with E-state index >= 15 is 0 Å². The summed E-state index contributed by atoms with van der Waals surface area (Å²) in [6.45, 7) is -0.579. The monoisotopic (exact) mass is 448 g/mol. The standard InChI is InChI=1S/C20H16O12/c1-28-15-8(29-20-14(25)13(24)9(4-21)30-20)3-6-11-10-5(18(26)32-17(11)15)2-7(22)12(23)16(10)31-19(6)27/h2-3,9,13-14,20-25H,4H2,1H3/t9-,13-,14+,20+/m0/s1. The van der Waals surface area contributed by atoms with E-state index in [0.29, 0.717) is 0 Å². The van der Waals surface area contributed by atoms with E-state index in [1.807, 2.05) is 0 Å². The van der Waals surface area contributed by atoms with Crippen LogP contribution in [0.5, 0.6) is 23.0 Å². The first-order valence-electron chi connectivity index (χ1n) is 9.34. The number of benzene rings is 2. The largest absolute Gasteiger partial charge is 0.504 e. The zero-order valence-electron chi connectivity index (χ0n) is 16.3.